The van der Waals surface area contributed by atoms with Crippen LogP contribution in [0.4, 0.5) is 8.78 Å². The van der Waals surface area contributed by atoms with Crippen molar-refractivity contribution in [1.82, 2.24) is 10.6 Å². The lowest BCUT2D eigenvalue weighted by Gasteiger charge is -2.17. The molecule has 0 fully saturated rings. The van der Waals surface area contributed by atoms with E-state index in [1.165, 1.54) is 24.3 Å². The standard InChI is InChI=1S/C20H22F2N2O5/c21-13-6-3-8-15(26)17(13)19(28)23-10-2-1-5-12(11-25)24-20(29)18-14(22)7-4-9-16(18)27/h3-4,6-9,12,25-27H,1-2,5,10-11H2,(H,23,28)(H,24,29)/t12-/m0/s1. The zero-order valence-corrected chi connectivity index (χ0v) is 15.5. The van der Waals surface area contributed by atoms with Gasteiger partial charge in [-0.05, 0) is 43.5 Å². The van der Waals surface area contributed by atoms with Crippen LogP contribution in [0.2, 0.25) is 0 Å². The molecule has 9 heteroatoms. The van der Waals surface area contributed by atoms with Crippen LogP contribution in [0, 0.1) is 11.6 Å². The second-order valence-corrected chi connectivity index (χ2v) is 6.37. The number of aliphatic hydroxyl groups is 1. The summed E-state index contributed by atoms with van der Waals surface area (Å²) in [5.74, 6) is -4.26. The van der Waals surface area contributed by atoms with Gasteiger partial charge in [-0.25, -0.2) is 8.78 Å². The van der Waals surface area contributed by atoms with Gasteiger partial charge in [0, 0.05) is 6.54 Å². The van der Waals surface area contributed by atoms with Crippen molar-refractivity contribution < 1.29 is 33.7 Å². The third kappa shape index (κ3) is 5.89. The highest BCUT2D eigenvalue weighted by molar-refractivity contribution is 5.97. The van der Waals surface area contributed by atoms with Gasteiger partial charge in [0.1, 0.15) is 34.3 Å². The summed E-state index contributed by atoms with van der Waals surface area (Å²) in [5, 5.41) is 33.5. The predicted octanol–water partition coefficient (Wildman–Crippen LogP) is 2.07. The van der Waals surface area contributed by atoms with E-state index < -0.39 is 58.7 Å². The predicted molar refractivity (Wildman–Crippen MR) is 101 cm³/mol. The van der Waals surface area contributed by atoms with Crippen LogP contribution in [0.1, 0.15) is 40.0 Å². The van der Waals surface area contributed by atoms with Gasteiger partial charge in [-0.15, -0.1) is 0 Å². The number of carbonyl (C=O) groups excluding carboxylic acids is 2. The van der Waals surface area contributed by atoms with Crippen LogP contribution < -0.4 is 10.6 Å². The van der Waals surface area contributed by atoms with Crippen molar-refractivity contribution in [3.63, 3.8) is 0 Å². The highest BCUT2D eigenvalue weighted by Gasteiger charge is 2.20. The Morgan fingerprint density at radius 2 is 1.45 bits per heavy atom. The number of hydrogen-bond donors (Lipinski definition) is 5. The van der Waals surface area contributed by atoms with Gasteiger partial charge in [0.15, 0.2) is 0 Å². The van der Waals surface area contributed by atoms with Gasteiger partial charge in [0.25, 0.3) is 11.8 Å². The number of phenols is 2. The highest BCUT2D eigenvalue weighted by Crippen LogP contribution is 2.20. The van der Waals surface area contributed by atoms with E-state index in [1.807, 2.05) is 0 Å². The first-order chi connectivity index (χ1) is 13.8. The second kappa shape index (κ2) is 10.4. The van der Waals surface area contributed by atoms with Gasteiger partial charge < -0.3 is 26.0 Å². The van der Waals surface area contributed by atoms with Crippen molar-refractivity contribution in [2.75, 3.05) is 13.2 Å². The van der Waals surface area contributed by atoms with Crippen molar-refractivity contribution in [2.45, 2.75) is 25.3 Å². The lowest BCUT2D eigenvalue weighted by Crippen LogP contribution is -2.38. The molecular formula is C20H22F2N2O5. The van der Waals surface area contributed by atoms with E-state index in [4.69, 9.17) is 0 Å². The lowest BCUT2D eigenvalue weighted by molar-refractivity contribution is 0.0905. The average molecular weight is 408 g/mol. The average Bonchev–Trinajstić information content (AvgIpc) is 2.66. The maximum Gasteiger partial charge on any atom is 0.258 e. The summed E-state index contributed by atoms with van der Waals surface area (Å²) in [5.41, 5.74) is -0.930. The topological polar surface area (TPSA) is 119 Å². The molecule has 29 heavy (non-hydrogen) atoms. The number of aliphatic hydroxyl groups excluding tert-OH is 1. The third-order valence-corrected chi connectivity index (χ3v) is 4.26. The Morgan fingerprint density at radius 3 is 1.97 bits per heavy atom. The molecule has 2 rings (SSSR count). The molecule has 2 aromatic rings. The van der Waals surface area contributed by atoms with Crippen molar-refractivity contribution in [3.05, 3.63) is 59.2 Å². The molecule has 0 radical (unpaired) electrons. The molecule has 0 saturated heterocycles. The SMILES string of the molecule is O=C(NCCCC[C@@H](CO)NC(=O)c1c(O)cccc1F)c1c(O)cccc1F. The van der Waals surface area contributed by atoms with Gasteiger partial charge in [-0.1, -0.05) is 12.1 Å². The number of rotatable bonds is 9. The number of carbonyl (C=O) groups is 2. The lowest BCUT2D eigenvalue weighted by atomic mass is 10.1. The van der Waals surface area contributed by atoms with Crippen LogP contribution in [-0.2, 0) is 0 Å². The smallest absolute Gasteiger partial charge is 0.258 e. The highest BCUT2D eigenvalue weighted by atomic mass is 19.1. The molecule has 1 atom stereocenters. The number of benzene rings is 2. The Bertz CT molecular complexity index is 835. The maximum absolute atomic E-state index is 13.7. The molecule has 7 nitrogen and oxygen atoms in total. The number of unbranched alkanes of at least 4 members (excludes halogenated alkanes) is 1. The Kier molecular flexibility index (Phi) is 7.90. The zero-order valence-electron chi connectivity index (χ0n) is 15.5. The summed E-state index contributed by atoms with van der Waals surface area (Å²) in [6.45, 7) is -0.205. The van der Waals surface area contributed by atoms with Crippen molar-refractivity contribution in [3.8, 4) is 11.5 Å². The monoisotopic (exact) mass is 408 g/mol. The van der Waals surface area contributed by atoms with E-state index >= 15 is 0 Å². The molecule has 0 aliphatic carbocycles. The molecule has 0 heterocycles. The maximum atomic E-state index is 13.7. The van der Waals surface area contributed by atoms with Crippen LogP contribution in [0.5, 0.6) is 11.5 Å². The van der Waals surface area contributed by atoms with E-state index in [1.54, 1.807) is 0 Å². The van der Waals surface area contributed by atoms with E-state index in [0.717, 1.165) is 12.1 Å². The first kappa shape index (κ1) is 22.1. The minimum Gasteiger partial charge on any atom is -0.507 e. The van der Waals surface area contributed by atoms with Crippen LogP contribution in [0.25, 0.3) is 0 Å². The molecule has 2 aromatic carbocycles. The number of halogens is 2. The number of nitrogens with one attached hydrogen (secondary N) is 2. The molecule has 2 amide bonds. The van der Waals surface area contributed by atoms with Gasteiger partial charge >= 0.3 is 0 Å². The summed E-state index contributed by atoms with van der Waals surface area (Å²) >= 11 is 0. The fourth-order valence-corrected chi connectivity index (χ4v) is 2.75. The van der Waals surface area contributed by atoms with Crippen LogP contribution in [-0.4, -0.2) is 46.3 Å². The fourth-order valence-electron chi connectivity index (χ4n) is 2.75. The first-order valence-corrected chi connectivity index (χ1v) is 9.00. The minimum atomic E-state index is -0.877. The molecule has 0 unspecified atom stereocenters. The molecule has 0 aliphatic rings. The summed E-state index contributed by atoms with van der Waals surface area (Å²) < 4.78 is 27.3. The number of amides is 2. The summed E-state index contributed by atoms with van der Waals surface area (Å²) in [4.78, 5) is 24.1. The molecule has 5 N–H and O–H groups in total. The Balaban J connectivity index is 1.79. The Hall–Kier alpha value is -3.20. The van der Waals surface area contributed by atoms with Crippen LogP contribution in [0.15, 0.2) is 36.4 Å². The normalized spacial score (nSPS) is 11.7. The van der Waals surface area contributed by atoms with Gasteiger partial charge in [-0.2, -0.15) is 0 Å². The largest absolute Gasteiger partial charge is 0.507 e. The summed E-state index contributed by atoms with van der Waals surface area (Å²) in [7, 11) is 0. The van der Waals surface area contributed by atoms with Crippen molar-refractivity contribution >= 4 is 11.8 Å². The van der Waals surface area contributed by atoms with E-state index in [9.17, 15) is 33.7 Å². The third-order valence-electron chi connectivity index (χ3n) is 4.26. The molecule has 0 aromatic heterocycles. The van der Waals surface area contributed by atoms with Gasteiger partial charge in [0.05, 0.1) is 12.6 Å². The second-order valence-electron chi connectivity index (χ2n) is 6.37. The molecule has 156 valence electrons. The van der Waals surface area contributed by atoms with E-state index in [-0.39, 0.29) is 6.54 Å². The number of phenolic OH excluding ortho intramolecular Hbond substituents is 2. The zero-order chi connectivity index (χ0) is 21.4. The van der Waals surface area contributed by atoms with Crippen LogP contribution in [0.3, 0.4) is 0 Å². The van der Waals surface area contributed by atoms with E-state index in [2.05, 4.69) is 10.6 Å². The van der Waals surface area contributed by atoms with Gasteiger partial charge in [-0.3, -0.25) is 9.59 Å². The molecule has 0 bridgehead atoms. The molecule has 0 saturated carbocycles. The summed E-state index contributed by atoms with van der Waals surface area (Å²) in [6, 6.07) is 6.37. The van der Waals surface area contributed by atoms with E-state index in [0.29, 0.717) is 19.3 Å². The van der Waals surface area contributed by atoms with Crippen LogP contribution >= 0.6 is 0 Å². The molecule has 0 spiro atoms. The number of hydrogen-bond acceptors (Lipinski definition) is 5. The fraction of sp³-hybridized carbons (Fsp3) is 0.300. The van der Waals surface area contributed by atoms with Crippen molar-refractivity contribution in [2.24, 2.45) is 0 Å². The molecular weight excluding hydrogens is 386 g/mol. The van der Waals surface area contributed by atoms with Crippen molar-refractivity contribution in [1.29, 1.82) is 0 Å². The molecule has 0 aliphatic heterocycles. The quantitative estimate of drug-likeness (QED) is 0.407. The Labute approximate surface area is 166 Å². The number of aromatic hydroxyl groups is 2. The minimum absolute atomic E-state index is 0.187. The first-order valence-electron chi connectivity index (χ1n) is 9.00. The summed E-state index contributed by atoms with van der Waals surface area (Å²) in [6.07, 6.45) is 1.27. The Morgan fingerprint density at radius 1 is 0.897 bits per heavy atom. The van der Waals surface area contributed by atoms with Gasteiger partial charge in [0.2, 0.25) is 0 Å².